The number of hydrogen-bond donors (Lipinski definition) is 1. The van der Waals surface area contributed by atoms with Gasteiger partial charge in [0.15, 0.2) is 0 Å². The monoisotopic (exact) mass is 344 g/mol. The third kappa shape index (κ3) is 3.33. The molecule has 7 heteroatoms. The number of non-ortho nitro benzene ring substituents is 1. The highest BCUT2D eigenvalue weighted by atomic mass is 35.5. The molecule has 0 unspecified atom stereocenters. The average molecular weight is 345 g/mol. The number of benzene rings is 2. The van der Waals surface area contributed by atoms with Gasteiger partial charge in [-0.3, -0.25) is 10.1 Å². The number of imidazole rings is 1. The lowest BCUT2D eigenvalue weighted by atomic mass is 10.2. The van der Waals surface area contributed by atoms with Gasteiger partial charge in [0, 0.05) is 25.2 Å². The van der Waals surface area contributed by atoms with Gasteiger partial charge >= 0.3 is 0 Å². The molecule has 2 aromatic carbocycles. The first kappa shape index (κ1) is 16.3. The number of anilines is 1. The molecule has 0 amide bonds. The molecule has 0 aliphatic heterocycles. The number of para-hydroxylation sites is 2. The Balaban J connectivity index is 1.61. The molecule has 0 aliphatic carbocycles. The summed E-state index contributed by atoms with van der Waals surface area (Å²) in [5, 5.41) is 14.3. The lowest BCUT2D eigenvalue weighted by Gasteiger charge is -2.10. The predicted molar refractivity (Wildman–Crippen MR) is 95.7 cm³/mol. The molecule has 6 nitrogen and oxygen atoms in total. The lowest BCUT2D eigenvalue weighted by Crippen LogP contribution is -2.08. The van der Waals surface area contributed by atoms with Crippen LogP contribution in [0.5, 0.6) is 0 Å². The number of hydrogen-bond acceptors (Lipinski definition) is 4. The van der Waals surface area contributed by atoms with Crippen molar-refractivity contribution in [3.05, 3.63) is 63.4 Å². The van der Waals surface area contributed by atoms with Crippen LogP contribution in [0.15, 0.2) is 42.5 Å². The fourth-order valence-electron chi connectivity index (χ4n) is 2.70. The SMILES string of the molecule is Cc1nc2ccccc2n1CCCNc1ccc([N+](=O)[O-])cc1Cl. The Kier molecular flexibility index (Phi) is 4.66. The van der Waals surface area contributed by atoms with E-state index in [1.165, 1.54) is 12.1 Å². The zero-order valence-electron chi connectivity index (χ0n) is 13.2. The Morgan fingerprint density at radius 2 is 2.08 bits per heavy atom. The van der Waals surface area contributed by atoms with Gasteiger partial charge in [0.05, 0.1) is 26.7 Å². The predicted octanol–water partition coefficient (Wildman–Crippen LogP) is 4.41. The van der Waals surface area contributed by atoms with E-state index in [-0.39, 0.29) is 5.69 Å². The maximum Gasteiger partial charge on any atom is 0.271 e. The van der Waals surface area contributed by atoms with Crippen LogP contribution in [-0.2, 0) is 6.54 Å². The number of halogens is 1. The molecule has 124 valence electrons. The van der Waals surface area contributed by atoms with Crippen LogP contribution < -0.4 is 5.32 Å². The van der Waals surface area contributed by atoms with Gasteiger partial charge in [-0.05, 0) is 31.5 Å². The third-order valence-corrected chi connectivity index (χ3v) is 4.20. The van der Waals surface area contributed by atoms with Crippen LogP contribution in [0.4, 0.5) is 11.4 Å². The summed E-state index contributed by atoms with van der Waals surface area (Å²) in [6, 6.07) is 12.5. The smallest absolute Gasteiger partial charge is 0.271 e. The first-order valence-corrected chi connectivity index (χ1v) is 8.04. The molecule has 1 heterocycles. The Bertz CT molecular complexity index is 891. The molecule has 0 atom stereocenters. The standard InChI is InChI=1S/C17H17ClN4O2/c1-12-20-16-5-2-3-6-17(16)21(12)10-4-9-19-15-8-7-13(22(23)24)11-14(15)18/h2-3,5-8,11,19H,4,9-10H2,1H3. The number of nitrogens with one attached hydrogen (secondary N) is 1. The number of rotatable bonds is 6. The fourth-order valence-corrected chi connectivity index (χ4v) is 2.94. The van der Waals surface area contributed by atoms with E-state index in [1.807, 2.05) is 25.1 Å². The maximum atomic E-state index is 10.7. The second kappa shape index (κ2) is 6.88. The van der Waals surface area contributed by atoms with Gasteiger partial charge in [-0.2, -0.15) is 0 Å². The first-order chi connectivity index (χ1) is 11.6. The van der Waals surface area contributed by atoms with E-state index in [1.54, 1.807) is 6.07 Å². The Morgan fingerprint density at radius 3 is 2.83 bits per heavy atom. The van der Waals surface area contributed by atoms with Crippen molar-refractivity contribution in [1.82, 2.24) is 9.55 Å². The zero-order valence-corrected chi connectivity index (χ0v) is 14.0. The molecule has 24 heavy (non-hydrogen) atoms. The maximum absolute atomic E-state index is 10.7. The van der Waals surface area contributed by atoms with Gasteiger partial charge in [-0.15, -0.1) is 0 Å². The van der Waals surface area contributed by atoms with Gasteiger partial charge in [-0.1, -0.05) is 23.7 Å². The van der Waals surface area contributed by atoms with Crippen LogP contribution in [0.2, 0.25) is 5.02 Å². The molecule has 1 aromatic heterocycles. The summed E-state index contributed by atoms with van der Waals surface area (Å²) < 4.78 is 2.19. The Hall–Kier alpha value is -2.60. The van der Waals surface area contributed by atoms with Gasteiger partial charge in [0.1, 0.15) is 5.82 Å². The van der Waals surface area contributed by atoms with Crippen molar-refractivity contribution < 1.29 is 4.92 Å². The topological polar surface area (TPSA) is 73.0 Å². The van der Waals surface area contributed by atoms with Crippen LogP contribution in [0, 0.1) is 17.0 Å². The van der Waals surface area contributed by atoms with E-state index in [0.717, 1.165) is 29.8 Å². The summed E-state index contributed by atoms with van der Waals surface area (Å²) in [4.78, 5) is 14.8. The number of nitro benzene ring substituents is 1. The van der Waals surface area contributed by atoms with E-state index in [9.17, 15) is 10.1 Å². The van der Waals surface area contributed by atoms with Crippen molar-refractivity contribution in [3.8, 4) is 0 Å². The quantitative estimate of drug-likeness (QED) is 0.408. The van der Waals surface area contributed by atoms with Crippen LogP contribution in [-0.4, -0.2) is 21.0 Å². The number of fused-ring (bicyclic) bond motifs is 1. The number of nitrogens with zero attached hydrogens (tertiary/aromatic N) is 3. The molecule has 0 saturated heterocycles. The molecule has 3 rings (SSSR count). The summed E-state index contributed by atoms with van der Waals surface area (Å²) in [6.45, 7) is 3.55. The normalized spacial score (nSPS) is 10.9. The highest BCUT2D eigenvalue weighted by Crippen LogP contribution is 2.26. The molecule has 1 N–H and O–H groups in total. The van der Waals surface area contributed by atoms with E-state index in [4.69, 9.17) is 11.6 Å². The Labute approximate surface area is 144 Å². The molecule has 0 aliphatic rings. The van der Waals surface area contributed by atoms with Crippen molar-refractivity contribution in [1.29, 1.82) is 0 Å². The minimum absolute atomic E-state index is 0.00828. The molecule has 0 fully saturated rings. The first-order valence-electron chi connectivity index (χ1n) is 7.66. The zero-order chi connectivity index (χ0) is 17.1. The van der Waals surface area contributed by atoms with Gasteiger partial charge in [-0.25, -0.2) is 4.98 Å². The molecular formula is C17H17ClN4O2. The third-order valence-electron chi connectivity index (χ3n) is 3.88. The highest BCUT2D eigenvalue weighted by Gasteiger charge is 2.09. The van der Waals surface area contributed by atoms with Crippen molar-refractivity contribution in [2.45, 2.75) is 19.9 Å². The molecule has 0 spiro atoms. The molecule has 0 bridgehead atoms. The van der Waals surface area contributed by atoms with Gasteiger partial charge in [0.25, 0.3) is 5.69 Å². The van der Waals surface area contributed by atoms with Gasteiger partial charge in [0.2, 0.25) is 0 Å². The summed E-state index contributed by atoms with van der Waals surface area (Å²) in [5.74, 6) is 0.990. The number of aryl methyl sites for hydroxylation is 2. The Morgan fingerprint density at radius 1 is 1.29 bits per heavy atom. The van der Waals surface area contributed by atoms with Gasteiger partial charge < -0.3 is 9.88 Å². The van der Waals surface area contributed by atoms with E-state index in [0.29, 0.717) is 17.3 Å². The summed E-state index contributed by atoms with van der Waals surface area (Å²) in [6.07, 6.45) is 0.883. The van der Waals surface area contributed by atoms with Crippen LogP contribution in [0.25, 0.3) is 11.0 Å². The average Bonchev–Trinajstić information content (AvgIpc) is 2.88. The summed E-state index contributed by atoms with van der Waals surface area (Å²) >= 11 is 6.07. The van der Waals surface area contributed by atoms with E-state index in [2.05, 4.69) is 20.9 Å². The van der Waals surface area contributed by atoms with Crippen LogP contribution in [0.3, 0.4) is 0 Å². The lowest BCUT2D eigenvalue weighted by molar-refractivity contribution is -0.384. The molecule has 0 saturated carbocycles. The molecule has 0 radical (unpaired) electrons. The molecule has 3 aromatic rings. The van der Waals surface area contributed by atoms with Crippen molar-refractivity contribution in [3.63, 3.8) is 0 Å². The molecular weight excluding hydrogens is 328 g/mol. The van der Waals surface area contributed by atoms with Crippen LogP contribution >= 0.6 is 11.6 Å². The largest absolute Gasteiger partial charge is 0.384 e. The minimum atomic E-state index is -0.456. The van der Waals surface area contributed by atoms with Crippen molar-refractivity contribution in [2.75, 3.05) is 11.9 Å². The number of aromatic nitrogens is 2. The minimum Gasteiger partial charge on any atom is -0.384 e. The number of nitro groups is 1. The van der Waals surface area contributed by atoms with Crippen molar-refractivity contribution >= 4 is 34.0 Å². The summed E-state index contributed by atoms with van der Waals surface area (Å²) in [5.41, 5.74) is 2.82. The van der Waals surface area contributed by atoms with Crippen LogP contribution in [0.1, 0.15) is 12.2 Å². The summed E-state index contributed by atoms with van der Waals surface area (Å²) in [7, 11) is 0. The second-order valence-corrected chi connectivity index (χ2v) is 5.91. The van der Waals surface area contributed by atoms with E-state index >= 15 is 0 Å². The highest BCUT2D eigenvalue weighted by molar-refractivity contribution is 6.33. The van der Waals surface area contributed by atoms with Crippen molar-refractivity contribution in [2.24, 2.45) is 0 Å². The second-order valence-electron chi connectivity index (χ2n) is 5.50. The van der Waals surface area contributed by atoms with E-state index < -0.39 is 4.92 Å². The fraction of sp³-hybridized carbons (Fsp3) is 0.235.